The number of aromatic nitrogens is 4. The lowest BCUT2D eigenvalue weighted by Gasteiger charge is -2.19. The molecule has 0 radical (unpaired) electrons. The molecular formula is C22H20BrN5O2S. The van der Waals surface area contributed by atoms with Gasteiger partial charge in [0, 0.05) is 24.1 Å². The Hall–Kier alpha value is -2.91. The molecule has 3 aromatic rings. The predicted molar refractivity (Wildman–Crippen MR) is 126 cm³/mol. The second-order valence-electron chi connectivity index (χ2n) is 7.09. The third kappa shape index (κ3) is 5.05. The summed E-state index contributed by atoms with van der Waals surface area (Å²) in [6.07, 6.45) is 7.18. The molecule has 0 N–H and O–H groups in total. The molecule has 0 fully saturated rings. The van der Waals surface area contributed by atoms with Crippen molar-refractivity contribution in [1.29, 1.82) is 0 Å². The highest BCUT2D eigenvalue weighted by Gasteiger charge is 2.25. The molecule has 7 nitrogen and oxygen atoms in total. The molecule has 1 aliphatic rings. The van der Waals surface area contributed by atoms with Crippen LogP contribution in [0.3, 0.4) is 0 Å². The van der Waals surface area contributed by atoms with Gasteiger partial charge in [0.05, 0.1) is 17.5 Å². The molecule has 0 saturated heterocycles. The molecule has 4 rings (SSSR count). The van der Waals surface area contributed by atoms with Crippen LogP contribution in [0, 0.1) is 5.92 Å². The zero-order valence-electron chi connectivity index (χ0n) is 16.8. The molecule has 0 aliphatic carbocycles. The lowest BCUT2D eigenvalue weighted by molar-refractivity contribution is 0.0985. The van der Waals surface area contributed by atoms with Gasteiger partial charge in [-0.2, -0.15) is 0 Å². The first-order valence-corrected chi connectivity index (χ1v) is 10.9. The lowest BCUT2D eigenvalue weighted by Crippen LogP contribution is -2.31. The fraction of sp³-hybridized carbons (Fsp3) is 0.227. The van der Waals surface area contributed by atoms with Gasteiger partial charge in [-0.25, -0.2) is 14.6 Å². The van der Waals surface area contributed by atoms with E-state index >= 15 is 0 Å². The number of allylic oxidation sites excluding steroid dienone is 1. The lowest BCUT2D eigenvalue weighted by atomic mass is 10.1. The fourth-order valence-electron chi connectivity index (χ4n) is 3.24. The number of fused-ring (bicyclic) bond motifs is 1. The zero-order chi connectivity index (χ0) is 21.8. The normalized spacial score (nSPS) is 16.1. The van der Waals surface area contributed by atoms with Crippen molar-refractivity contribution < 1.29 is 9.53 Å². The molecule has 158 valence electrons. The van der Waals surface area contributed by atoms with E-state index in [1.807, 2.05) is 54.4 Å². The first kappa shape index (κ1) is 21.3. The number of rotatable bonds is 6. The molecule has 1 atom stereocenters. The van der Waals surface area contributed by atoms with E-state index < -0.39 is 0 Å². The summed E-state index contributed by atoms with van der Waals surface area (Å²) in [6.45, 7) is 0.941. The number of Topliss-reactive ketones (excluding diaryl/α,β-unsaturated/α-hetero) is 1. The molecule has 1 aliphatic heterocycles. The average molecular weight is 498 g/mol. The zero-order valence-corrected chi connectivity index (χ0v) is 19.2. The van der Waals surface area contributed by atoms with Crippen molar-refractivity contribution in [2.75, 3.05) is 18.6 Å². The third-order valence-electron chi connectivity index (χ3n) is 4.83. The van der Waals surface area contributed by atoms with E-state index in [-0.39, 0.29) is 23.9 Å². The molecule has 9 heteroatoms. The second-order valence-corrected chi connectivity index (χ2v) is 8.42. The molecule has 0 unspecified atom stereocenters. The quantitative estimate of drug-likeness (QED) is 0.288. The Morgan fingerprint density at radius 3 is 3.03 bits per heavy atom. The van der Waals surface area contributed by atoms with Crippen molar-refractivity contribution in [2.24, 2.45) is 5.92 Å². The maximum atomic E-state index is 12.5. The summed E-state index contributed by atoms with van der Waals surface area (Å²) >= 11 is 9.05. The van der Waals surface area contributed by atoms with Crippen LogP contribution in [-0.2, 0) is 6.54 Å². The van der Waals surface area contributed by atoms with E-state index in [4.69, 9.17) is 17.0 Å². The van der Waals surface area contributed by atoms with E-state index in [0.717, 1.165) is 10.0 Å². The largest absolute Gasteiger partial charge is 0.489 e. The van der Waals surface area contributed by atoms with Crippen molar-refractivity contribution in [3.8, 4) is 5.75 Å². The van der Waals surface area contributed by atoms with E-state index in [0.29, 0.717) is 29.7 Å². The molecule has 2 aromatic heterocycles. The summed E-state index contributed by atoms with van der Waals surface area (Å²) in [5, 5.41) is 4.31. The van der Waals surface area contributed by atoms with Gasteiger partial charge in [0.2, 0.25) is 11.6 Å². The number of benzene rings is 1. The average Bonchev–Trinajstić information content (AvgIpc) is 3.19. The first-order valence-electron chi connectivity index (χ1n) is 9.70. The number of thiocarbonyl (C=S) groups is 1. The molecule has 0 bridgehead atoms. The van der Waals surface area contributed by atoms with E-state index in [1.54, 1.807) is 23.3 Å². The highest BCUT2D eigenvalue weighted by atomic mass is 79.9. The Balaban J connectivity index is 1.37. The molecular weight excluding hydrogens is 478 g/mol. The number of carbonyl (C=O) groups is 1. The van der Waals surface area contributed by atoms with Crippen molar-refractivity contribution in [1.82, 2.24) is 19.7 Å². The van der Waals surface area contributed by atoms with Crippen LogP contribution in [0.25, 0.3) is 0 Å². The number of pyridine rings is 1. The van der Waals surface area contributed by atoms with Crippen LogP contribution in [0.2, 0.25) is 0 Å². The smallest absolute Gasteiger partial charge is 0.217 e. The van der Waals surface area contributed by atoms with E-state index in [9.17, 15) is 4.79 Å². The van der Waals surface area contributed by atoms with Crippen LogP contribution < -0.4 is 9.64 Å². The van der Waals surface area contributed by atoms with Gasteiger partial charge in [-0.05, 0) is 29.8 Å². The minimum absolute atomic E-state index is 0.135. The number of hydrogen-bond acceptors (Lipinski definition) is 6. The fourth-order valence-corrected chi connectivity index (χ4v) is 3.92. The Morgan fingerprint density at radius 2 is 2.19 bits per heavy atom. The van der Waals surface area contributed by atoms with Gasteiger partial charge in [0.1, 0.15) is 12.9 Å². The van der Waals surface area contributed by atoms with Crippen LogP contribution >= 0.6 is 28.1 Å². The Morgan fingerprint density at radius 1 is 1.32 bits per heavy atom. The van der Waals surface area contributed by atoms with Gasteiger partial charge in [0.15, 0.2) is 11.6 Å². The third-order valence-corrected chi connectivity index (χ3v) is 5.90. The van der Waals surface area contributed by atoms with Crippen molar-refractivity contribution >= 4 is 44.7 Å². The minimum Gasteiger partial charge on any atom is -0.489 e. The summed E-state index contributed by atoms with van der Waals surface area (Å²) < 4.78 is 8.51. The highest BCUT2D eigenvalue weighted by Crippen LogP contribution is 2.29. The maximum absolute atomic E-state index is 12.5. The maximum Gasteiger partial charge on any atom is 0.217 e. The van der Waals surface area contributed by atoms with Gasteiger partial charge in [-0.15, -0.1) is 5.10 Å². The first-order chi connectivity index (χ1) is 15.0. The van der Waals surface area contributed by atoms with Crippen LogP contribution in [0.15, 0.2) is 65.5 Å². The van der Waals surface area contributed by atoms with Gasteiger partial charge < -0.3 is 9.64 Å². The summed E-state index contributed by atoms with van der Waals surface area (Å²) in [6, 6.07) is 11.6. The van der Waals surface area contributed by atoms with Crippen molar-refractivity contribution in [3.05, 3.63) is 76.9 Å². The number of carbonyl (C=O) groups excluding carboxylic acids is 1. The standard InChI is InChI=1S/C22H20BrN5O2S/c1-27-21-19(9-4-10-24-21)30-13-16(22(27)31)6-3-8-18(29)20-25-14-28(26-20)12-15-5-2-7-17(23)11-15/h2-7,9-11,14,16H,8,12-13H2,1H3/b6-3+/t16-/m0/s1. The van der Waals surface area contributed by atoms with Crippen molar-refractivity contribution in [2.45, 2.75) is 13.0 Å². The molecule has 0 spiro atoms. The number of anilines is 1. The number of ether oxygens (including phenoxy) is 1. The van der Waals surface area contributed by atoms with Gasteiger partial charge >= 0.3 is 0 Å². The SMILES string of the molecule is CN1C(=S)[C@@H](/C=C/CC(=O)c2ncn(Cc3cccc(Br)c3)n2)COc2cccnc21. The number of halogens is 1. The van der Waals surface area contributed by atoms with E-state index in [1.165, 1.54) is 0 Å². The highest BCUT2D eigenvalue weighted by molar-refractivity contribution is 9.10. The Labute approximate surface area is 193 Å². The topological polar surface area (TPSA) is 73.1 Å². The molecule has 0 amide bonds. The van der Waals surface area contributed by atoms with Crippen LogP contribution in [0.1, 0.15) is 22.6 Å². The van der Waals surface area contributed by atoms with E-state index in [2.05, 4.69) is 31.0 Å². The molecule has 3 heterocycles. The Kier molecular flexibility index (Phi) is 6.53. The summed E-state index contributed by atoms with van der Waals surface area (Å²) in [5.74, 6) is 1.30. The molecule has 31 heavy (non-hydrogen) atoms. The van der Waals surface area contributed by atoms with Gasteiger partial charge in [-0.3, -0.25) is 4.79 Å². The van der Waals surface area contributed by atoms with Gasteiger partial charge in [-0.1, -0.05) is 52.4 Å². The van der Waals surface area contributed by atoms with Crippen molar-refractivity contribution in [3.63, 3.8) is 0 Å². The summed E-state index contributed by atoms with van der Waals surface area (Å²) in [5.41, 5.74) is 1.07. The predicted octanol–water partition coefficient (Wildman–Crippen LogP) is 4.09. The molecule has 0 saturated carbocycles. The minimum atomic E-state index is -0.150. The monoisotopic (exact) mass is 497 g/mol. The molecule has 1 aromatic carbocycles. The van der Waals surface area contributed by atoms with Crippen LogP contribution in [0.5, 0.6) is 5.75 Å². The number of hydrogen-bond donors (Lipinski definition) is 0. The number of nitrogens with zero attached hydrogens (tertiary/aromatic N) is 5. The summed E-state index contributed by atoms with van der Waals surface area (Å²) in [7, 11) is 1.87. The Bertz CT molecular complexity index is 1150. The summed E-state index contributed by atoms with van der Waals surface area (Å²) in [4.78, 5) is 23.6. The van der Waals surface area contributed by atoms with Crippen LogP contribution in [0.4, 0.5) is 5.82 Å². The number of ketones is 1. The second kappa shape index (κ2) is 9.49. The van der Waals surface area contributed by atoms with Crippen LogP contribution in [-0.4, -0.2) is 44.2 Å². The van der Waals surface area contributed by atoms with Gasteiger partial charge in [0.25, 0.3) is 0 Å².